The zero-order valence-electron chi connectivity index (χ0n) is 10.4. The molecule has 88 valence electrons. The zero-order valence-corrected chi connectivity index (χ0v) is 11.4. The Morgan fingerprint density at radius 1 is 1.00 bits per heavy atom. The number of nitrogens with one attached hydrogen (secondary N) is 1. The third-order valence-corrected chi connectivity index (χ3v) is 3.75. The maximum absolute atomic E-state index is 7.48. The van der Waals surface area contributed by atoms with Gasteiger partial charge in [-0.05, 0) is 0 Å². The van der Waals surface area contributed by atoms with Crippen LogP contribution >= 0.6 is 7.26 Å². The molecule has 0 aliphatic carbocycles. The first-order chi connectivity index (χ1) is 6.97. The van der Waals surface area contributed by atoms with Crippen LogP contribution in [-0.2, 0) is 0 Å². The molecule has 0 saturated heterocycles. The van der Waals surface area contributed by atoms with Gasteiger partial charge in [-0.2, -0.15) is 10.5 Å². The van der Waals surface area contributed by atoms with Gasteiger partial charge in [-0.3, -0.25) is 0 Å². The van der Waals surface area contributed by atoms with Crippen molar-refractivity contribution in [3.05, 3.63) is 0 Å². The number of hydrogen-bond acceptors (Lipinski definition) is 3. The van der Waals surface area contributed by atoms with Crippen LogP contribution in [0, 0.1) is 22.9 Å². The van der Waals surface area contributed by atoms with Crippen LogP contribution < -0.4 is 5.32 Å². The van der Waals surface area contributed by atoms with E-state index >= 15 is 0 Å². The summed E-state index contributed by atoms with van der Waals surface area (Å²) in [5, 5.41) is 16.7. The van der Waals surface area contributed by atoms with Crippen LogP contribution in [0.4, 0.5) is 0 Å². The minimum atomic E-state index is -0.707. The Hall–Kier alpha value is -0.790. The predicted octanol–water partition coefficient (Wildman–Crippen LogP) is 2.74. The fourth-order valence-corrected chi connectivity index (χ4v) is 2.42. The van der Waals surface area contributed by atoms with E-state index in [9.17, 15) is 0 Å². The summed E-state index contributed by atoms with van der Waals surface area (Å²) in [7, 11) is -0.707. The van der Waals surface area contributed by atoms with E-state index < -0.39 is 7.26 Å². The molecule has 0 heterocycles. The Bertz CT molecular complexity index is 195. The van der Waals surface area contributed by atoms with Gasteiger partial charge >= 0.3 is 66.0 Å². The Kier molecular flexibility index (Phi) is 12.5. The summed E-state index contributed by atoms with van der Waals surface area (Å²) in [5.41, 5.74) is 0. The van der Waals surface area contributed by atoms with Crippen molar-refractivity contribution >= 4 is 7.26 Å². The van der Waals surface area contributed by atoms with Crippen LogP contribution in [0.3, 0.4) is 0 Å². The maximum Gasteiger partial charge on any atom is 0.190 e. The second-order valence-corrected chi connectivity index (χ2v) is 10.3. The van der Waals surface area contributed by atoms with E-state index in [0.29, 0.717) is 0 Å². The molecule has 0 aliphatic heterocycles. The monoisotopic (exact) mass is 229 g/mol. The second-order valence-electron chi connectivity index (χ2n) is 4.72. The average molecular weight is 229 g/mol. The minimum Gasteiger partial charge on any atom is -0.229 e. The van der Waals surface area contributed by atoms with E-state index in [2.05, 4.69) is 26.9 Å². The van der Waals surface area contributed by atoms with Gasteiger partial charge in [-0.15, -0.1) is 0 Å². The van der Waals surface area contributed by atoms with Gasteiger partial charge in [-0.25, -0.2) is 5.32 Å². The van der Waals surface area contributed by atoms with Crippen molar-refractivity contribution in [3.63, 3.8) is 0 Å². The first kappa shape index (κ1) is 16.6. The van der Waals surface area contributed by atoms with E-state index in [1.165, 1.54) is 44.2 Å². The second kappa shape index (κ2) is 11.3. The standard InChI is InChI=1S/C9H23P.C2HN3/c1-5-6-7-8-9-10(2,3)4;3-1-5-2-4/h10H,5-9H2,1-4H3;5H. The molecule has 4 heteroatoms. The van der Waals surface area contributed by atoms with E-state index in [-0.39, 0.29) is 0 Å². The van der Waals surface area contributed by atoms with Crippen molar-refractivity contribution in [2.24, 2.45) is 0 Å². The normalized spacial score (nSPS) is 10.3. The Morgan fingerprint density at radius 3 is 1.80 bits per heavy atom. The molecule has 1 N–H and O–H groups in total. The molecule has 0 aromatic carbocycles. The molecule has 0 radical (unpaired) electrons. The molecule has 0 bridgehead atoms. The summed E-state index contributed by atoms with van der Waals surface area (Å²) < 4.78 is 0. The molecule has 0 spiro atoms. The van der Waals surface area contributed by atoms with Crippen LogP contribution in [-0.4, -0.2) is 26.2 Å². The predicted molar refractivity (Wildman–Crippen MR) is 69.5 cm³/mol. The molecular formula is C11H24N3P. The molecule has 0 fully saturated rings. The molecule has 0 aromatic heterocycles. The van der Waals surface area contributed by atoms with Gasteiger partial charge in [0.2, 0.25) is 0 Å². The first-order valence-corrected chi connectivity index (χ1v) is 9.21. The van der Waals surface area contributed by atoms with Crippen LogP contribution in [0.2, 0.25) is 0 Å². The van der Waals surface area contributed by atoms with Gasteiger partial charge in [0.15, 0.2) is 12.4 Å². The summed E-state index contributed by atoms with van der Waals surface area (Å²) in [6.07, 6.45) is 10.1. The van der Waals surface area contributed by atoms with Crippen molar-refractivity contribution in [1.29, 1.82) is 10.5 Å². The van der Waals surface area contributed by atoms with Crippen molar-refractivity contribution in [2.45, 2.75) is 32.6 Å². The van der Waals surface area contributed by atoms with Crippen molar-refractivity contribution in [2.75, 3.05) is 26.2 Å². The van der Waals surface area contributed by atoms with Gasteiger partial charge in [0.1, 0.15) is 0 Å². The molecule has 0 aromatic rings. The van der Waals surface area contributed by atoms with Gasteiger partial charge in [0.25, 0.3) is 0 Å². The Labute approximate surface area is 94.8 Å². The number of hydrogen-bond donors (Lipinski definition) is 1. The third kappa shape index (κ3) is 24.6. The molecule has 3 nitrogen and oxygen atoms in total. The number of rotatable bonds is 5. The topological polar surface area (TPSA) is 59.6 Å². The van der Waals surface area contributed by atoms with Crippen LogP contribution in [0.5, 0.6) is 0 Å². The molecule has 0 atom stereocenters. The largest absolute Gasteiger partial charge is 0.229 e. The summed E-state index contributed by atoms with van der Waals surface area (Å²) in [5.74, 6) is 0. The fourth-order valence-electron chi connectivity index (χ4n) is 1.11. The maximum atomic E-state index is 7.48. The summed E-state index contributed by atoms with van der Waals surface area (Å²) in [6.45, 7) is 9.64. The minimum absolute atomic E-state index is 0.707. The smallest absolute Gasteiger partial charge is 0.190 e. The van der Waals surface area contributed by atoms with Crippen molar-refractivity contribution in [3.8, 4) is 12.4 Å². The molecule has 0 saturated carbocycles. The number of unbranched alkanes of at least 4 members (excludes halogenated alkanes) is 3. The molecule has 0 amide bonds. The summed E-state index contributed by atoms with van der Waals surface area (Å²) in [6, 6.07) is 0. The first-order valence-electron chi connectivity index (χ1n) is 5.51. The number of nitriles is 2. The zero-order chi connectivity index (χ0) is 12.2. The van der Waals surface area contributed by atoms with E-state index in [1.54, 1.807) is 5.32 Å². The van der Waals surface area contributed by atoms with Gasteiger partial charge in [-0.1, -0.05) is 0 Å². The molecule has 15 heavy (non-hydrogen) atoms. The van der Waals surface area contributed by atoms with Crippen molar-refractivity contribution in [1.82, 2.24) is 5.32 Å². The fraction of sp³-hybridized carbons (Fsp3) is 0.818. The average Bonchev–Trinajstić information content (AvgIpc) is 2.13. The Morgan fingerprint density at radius 2 is 1.53 bits per heavy atom. The molecule has 0 unspecified atom stereocenters. The third-order valence-electron chi connectivity index (χ3n) is 1.89. The van der Waals surface area contributed by atoms with E-state index in [0.717, 1.165) is 0 Å². The molecular weight excluding hydrogens is 205 g/mol. The van der Waals surface area contributed by atoms with Gasteiger partial charge < -0.3 is 0 Å². The quantitative estimate of drug-likeness (QED) is 0.341. The number of nitrogens with zero attached hydrogens (tertiary/aromatic N) is 2. The molecule has 0 rings (SSSR count). The van der Waals surface area contributed by atoms with E-state index in [4.69, 9.17) is 10.5 Å². The summed E-state index contributed by atoms with van der Waals surface area (Å²) in [4.78, 5) is 0. The molecule has 0 aliphatic rings. The van der Waals surface area contributed by atoms with Crippen LogP contribution in [0.1, 0.15) is 32.6 Å². The van der Waals surface area contributed by atoms with Gasteiger partial charge in [0, 0.05) is 0 Å². The van der Waals surface area contributed by atoms with Crippen molar-refractivity contribution < 1.29 is 0 Å². The summed E-state index contributed by atoms with van der Waals surface area (Å²) >= 11 is 0. The van der Waals surface area contributed by atoms with Gasteiger partial charge in [0.05, 0.1) is 0 Å². The SMILES string of the molecule is CCCCCC[PH](C)(C)C.N#CNC#N. The van der Waals surface area contributed by atoms with E-state index in [1.807, 2.05) is 0 Å². The van der Waals surface area contributed by atoms with Crippen LogP contribution in [0.15, 0.2) is 0 Å². The Balaban J connectivity index is 0. The van der Waals surface area contributed by atoms with Crippen LogP contribution in [0.25, 0.3) is 0 Å².